The van der Waals surface area contributed by atoms with Gasteiger partial charge in [-0.25, -0.2) is 4.79 Å². The van der Waals surface area contributed by atoms with E-state index in [0.717, 1.165) is 18.7 Å². The maximum absolute atomic E-state index is 11.5. The van der Waals surface area contributed by atoms with Crippen molar-refractivity contribution in [2.75, 3.05) is 18.5 Å². The number of hydrogen-bond acceptors (Lipinski definition) is 3. The first-order valence-corrected chi connectivity index (χ1v) is 4.86. The van der Waals surface area contributed by atoms with Crippen LogP contribution < -0.4 is 5.32 Å². The maximum atomic E-state index is 11.5. The molecule has 0 aliphatic carbocycles. The molecule has 14 heavy (non-hydrogen) atoms. The van der Waals surface area contributed by atoms with Crippen LogP contribution in [-0.2, 0) is 11.2 Å². The van der Waals surface area contributed by atoms with Gasteiger partial charge in [0.15, 0.2) is 0 Å². The molecular formula is C11H13NO2. The summed E-state index contributed by atoms with van der Waals surface area (Å²) in [5, 5.41) is 3.21. The minimum atomic E-state index is -0.237. The van der Waals surface area contributed by atoms with E-state index in [-0.39, 0.29) is 5.97 Å². The molecule has 1 N–H and O–H groups in total. The number of carbonyl (C=O) groups excluding carboxylic acids is 1. The van der Waals surface area contributed by atoms with Crippen molar-refractivity contribution in [2.45, 2.75) is 13.3 Å². The molecule has 3 heteroatoms. The van der Waals surface area contributed by atoms with Crippen LogP contribution in [0.25, 0.3) is 0 Å². The largest absolute Gasteiger partial charge is 0.462 e. The number of esters is 1. The van der Waals surface area contributed by atoms with Crippen molar-refractivity contribution < 1.29 is 9.53 Å². The lowest BCUT2D eigenvalue weighted by Crippen LogP contribution is -2.07. The highest BCUT2D eigenvalue weighted by atomic mass is 16.5. The Morgan fingerprint density at radius 1 is 1.57 bits per heavy atom. The van der Waals surface area contributed by atoms with Crippen LogP contribution >= 0.6 is 0 Å². The summed E-state index contributed by atoms with van der Waals surface area (Å²) in [6.07, 6.45) is 0.989. The summed E-state index contributed by atoms with van der Waals surface area (Å²) >= 11 is 0. The molecule has 0 atom stereocenters. The predicted octanol–water partition coefficient (Wildman–Crippen LogP) is 1.83. The van der Waals surface area contributed by atoms with Crippen molar-refractivity contribution in [1.82, 2.24) is 0 Å². The number of hydrogen-bond donors (Lipinski definition) is 1. The summed E-state index contributed by atoms with van der Waals surface area (Å²) in [7, 11) is 0. The summed E-state index contributed by atoms with van der Waals surface area (Å²) in [6, 6.07) is 5.74. The van der Waals surface area contributed by atoms with Gasteiger partial charge in [0.2, 0.25) is 0 Å². The Morgan fingerprint density at radius 2 is 2.43 bits per heavy atom. The first kappa shape index (κ1) is 9.06. The number of ether oxygens (including phenoxy) is 1. The second-order valence-electron chi connectivity index (χ2n) is 3.24. The zero-order valence-corrected chi connectivity index (χ0v) is 8.17. The highest BCUT2D eigenvalue weighted by Gasteiger charge is 2.18. The monoisotopic (exact) mass is 191 g/mol. The molecular weight excluding hydrogens is 178 g/mol. The van der Waals surface area contributed by atoms with Crippen molar-refractivity contribution >= 4 is 11.7 Å². The van der Waals surface area contributed by atoms with Crippen LogP contribution in [0.5, 0.6) is 0 Å². The fourth-order valence-electron chi connectivity index (χ4n) is 1.72. The molecule has 1 aromatic rings. The molecule has 1 aromatic carbocycles. The summed E-state index contributed by atoms with van der Waals surface area (Å²) in [4.78, 5) is 11.5. The first-order valence-electron chi connectivity index (χ1n) is 4.86. The SMILES string of the molecule is CCOC(=O)c1cccc2c1NCC2. The van der Waals surface area contributed by atoms with Crippen LogP contribution in [0.3, 0.4) is 0 Å². The van der Waals surface area contributed by atoms with Crippen molar-refractivity contribution in [3.63, 3.8) is 0 Å². The highest BCUT2D eigenvalue weighted by Crippen LogP contribution is 2.26. The summed E-state index contributed by atoms with van der Waals surface area (Å²) in [5.41, 5.74) is 2.81. The van der Waals surface area contributed by atoms with Crippen molar-refractivity contribution in [2.24, 2.45) is 0 Å². The molecule has 2 rings (SSSR count). The summed E-state index contributed by atoms with van der Waals surface area (Å²) < 4.78 is 4.97. The predicted molar refractivity (Wildman–Crippen MR) is 54.6 cm³/mol. The third kappa shape index (κ3) is 1.45. The van der Waals surface area contributed by atoms with Crippen LogP contribution in [0.1, 0.15) is 22.8 Å². The van der Waals surface area contributed by atoms with E-state index >= 15 is 0 Å². The van der Waals surface area contributed by atoms with Crippen LogP contribution in [0.2, 0.25) is 0 Å². The first-order chi connectivity index (χ1) is 6.83. The topological polar surface area (TPSA) is 38.3 Å². The summed E-state index contributed by atoms with van der Waals surface area (Å²) in [6.45, 7) is 3.14. The molecule has 3 nitrogen and oxygen atoms in total. The Labute approximate surface area is 83.1 Å². The van der Waals surface area contributed by atoms with Gasteiger partial charge in [-0.15, -0.1) is 0 Å². The van der Waals surface area contributed by atoms with Gasteiger partial charge in [-0.2, -0.15) is 0 Å². The van der Waals surface area contributed by atoms with E-state index in [0.29, 0.717) is 12.2 Å². The van der Waals surface area contributed by atoms with Gasteiger partial charge in [0, 0.05) is 6.54 Å². The third-order valence-electron chi connectivity index (χ3n) is 2.34. The lowest BCUT2D eigenvalue weighted by Gasteiger charge is -2.07. The van der Waals surface area contributed by atoms with Gasteiger partial charge in [0.1, 0.15) is 0 Å². The lowest BCUT2D eigenvalue weighted by atomic mass is 10.1. The van der Waals surface area contributed by atoms with E-state index < -0.39 is 0 Å². The van der Waals surface area contributed by atoms with E-state index in [2.05, 4.69) is 5.32 Å². The van der Waals surface area contributed by atoms with Crippen LogP contribution in [-0.4, -0.2) is 19.1 Å². The second kappa shape index (κ2) is 3.70. The molecule has 0 fully saturated rings. The Balaban J connectivity index is 2.34. The van der Waals surface area contributed by atoms with E-state index in [1.165, 1.54) is 5.56 Å². The number of carbonyl (C=O) groups is 1. The van der Waals surface area contributed by atoms with E-state index in [1.807, 2.05) is 19.1 Å². The number of benzene rings is 1. The molecule has 0 amide bonds. The molecule has 0 radical (unpaired) electrons. The van der Waals surface area contributed by atoms with Crippen LogP contribution in [0.4, 0.5) is 5.69 Å². The molecule has 0 saturated carbocycles. The molecule has 0 bridgehead atoms. The summed E-state index contributed by atoms with van der Waals surface area (Å²) in [5.74, 6) is -0.237. The van der Waals surface area contributed by atoms with E-state index in [9.17, 15) is 4.79 Å². The van der Waals surface area contributed by atoms with Crippen molar-refractivity contribution in [1.29, 1.82) is 0 Å². The lowest BCUT2D eigenvalue weighted by molar-refractivity contribution is 0.0527. The minimum Gasteiger partial charge on any atom is -0.462 e. The van der Waals surface area contributed by atoms with Gasteiger partial charge < -0.3 is 10.1 Å². The minimum absolute atomic E-state index is 0.237. The molecule has 1 aliphatic rings. The van der Waals surface area contributed by atoms with Crippen molar-refractivity contribution in [3.05, 3.63) is 29.3 Å². The van der Waals surface area contributed by atoms with Gasteiger partial charge in [0.05, 0.1) is 17.9 Å². The third-order valence-corrected chi connectivity index (χ3v) is 2.34. The average molecular weight is 191 g/mol. The number of fused-ring (bicyclic) bond motifs is 1. The number of anilines is 1. The fourth-order valence-corrected chi connectivity index (χ4v) is 1.72. The van der Waals surface area contributed by atoms with Gasteiger partial charge >= 0.3 is 5.97 Å². The Morgan fingerprint density at radius 3 is 3.21 bits per heavy atom. The molecule has 0 aromatic heterocycles. The zero-order valence-electron chi connectivity index (χ0n) is 8.17. The molecule has 1 aliphatic heterocycles. The number of nitrogens with one attached hydrogen (secondary N) is 1. The molecule has 0 saturated heterocycles. The standard InChI is InChI=1S/C11H13NO2/c1-2-14-11(13)9-5-3-4-8-6-7-12-10(8)9/h3-5,12H,2,6-7H2,1H3. The van der Waals surface area contributed by atoms with Gasteiger partial charge in [-0.1, -0.05) is 12.1 Å². The number of para-hydroxylation sites is 1. The number of rotatable bonds is 2. The zero-order chi connectivity index (χ0) is 9.97. The van der Waals surface area contributed by atoms with Gasteiger partial charge in [-0.05, 0) is 25.0 Å². The molecule has 74 valence electrons. The van der Waals surface area contributed by atoms with E-state index in [4.69, 9.17) is 4.74 Å². The van der Waals surface area contributed by atoms with E-state index in [1.54, 1.807) is 6.07 Å². The molecule has 0 spiro atoms. The second-order valence-corrected chi connectivity index (χ2v) is 3.24. The Hall–Kier alpha value is -1.51. The maximum Gasteiger partial charge on any atom is 0.340 e. The molecule has 1 heterocycles. The highest BCUT2D eigenvalue weighted by molar-refractivity contribution is 5.97. The van der Waals surface area contributed by atoms with Crippen LogP contribution in [0.15, 0.2) is 18.2 Å². The smallest absolute Gasteiger partial charge is 0.340 e. The Kier molecular flexibility index (Phi) is 2.39. The quantitative estimate of drug-likeness (QED) is 0.725. The van der Waals surface area contributed by atoms with Crippen LogP contribution in [0, 0.1) is 0 Å². The normalized spacial score (nSPS) is 13.2. The Bertz CT molecular complexity index is 360. The van der Waals surface area contributed by atoms with Gasteiger partial charge in [-0.3, -0.25) is 0 Å². The fraction of sp³-hybridized carbons (Fsp3) is 0.364. The van der Waals surface area contributed by atoms with Gasteiger partial charge in [0.25, 0.3) is 0 Å². The average Bonchev–Trinajstić information content (AvgIpc) is 2.65. The molecule has 0 unspecified atom stereocenters. The van der Waals surface area contributed by atoms with Crippen molar-refractivity contribution in [3.8, 4) is 0 Å².